The lowest BCUT2D eigenvalue weighted by molar-refractivity contribution is 0.306. The summed E-state index contributed by atoms with van der Waals surface area (Å²) in [4.78, 5) is 3.32. The fraction of sp³-hybridized carbons (Fsp3) is 0.263. The van der Waals surface area contributed by atoms with Crippen LogP contribution in [0, 0.1) is 0 Å². The van der Waals surface area contributed by atoms with E-state index in [1.165, 1.54) is 16.5 Å². The minimum absolute atomic E-state index is 0.216. The summed E-state index contributed by atoms with van der Waals surface area (Å²) in [6, 6.07) is 16.6. The van der Waals surface area contributed by atoms with Crippen LogP contribution in [0.15, 0.2) is 54.7 Å². The van der Waals surface area contributed by atoms with Crippen LogP contribution >= 0.6 is 0 Å². The second kappa shape index (κ2) is 6.67. The molecule has 0 aliphatic heterocycles. The summed E-state index contributed by atoms with van der Waals surface area (Å²) in [5.41, 5.74) is 9.61. The zero-order valence-corrected chi connectivity index (χ0v) is 12.9. The number of H-pyrrole nitrogens is 1. The molecule has 0 saturated heterocycles. The number of hydrogen-bond donors (Lipinski definition) is 2. The van der Waals surface area contributed by atoms with Gasteiger partial charge in [0.1, 0.15) is 12.4 Å². The van der Waals surface area contributed by atoms with Crippen molar-refractivity contribution in [1.29, 1.82) is 0 Å². The van der Waals surface area contributed by atoms with Gasteiger partial charge in [-0.3, -0.25) is 0 Å². The first-order chi connectivity index (χ1) is 10.8. The Labute approximate surface area is 131 Å². The molecule has 3 nitrogen and oxygen atoms in total. The summed E-state index contributed by atoms with van der Waals surface area (Å²) >= 11 is 0. The number of fused-ring (bicyclic) bond motifs is 1. The van der Waals surface area contributed by atoms with Gasteiger partial charge < -0.3 is 15.5 Å². The second-order valence-electron chi connectivity index (χ2n) is 5.67. The van der Waals surface area contributed by atoms with Crippen LogP contribution in [0.4, 0.5) is 0 Å². The number of aromatic nitrogens is 1. The molecule has 0 fully saturated rings. The molecule has 0 saturated carbocycles. The average Bonchev–Trinajstić information content (AvgIpc) is 2.96. The fourth-order valence-corrected chi connectivity index (χ4v) is 2.59. The number of hydrogen-bond acceptors (Lipinski definition) is 2. The molecule has 1 unspecified atom stereocenters. The highest BCUT2D eigenvalue weighted by molar-refractivity contribution is 5.84. The van der Waals surface area contributed by atoms with E-state index in [0.717, 1.165) is 24.1 Å². The summed E-state index contributed by atoms with van der Waals surface area (Å²) in [6.45, 7) is 2.70. The third-order valence-corrected chi connectivity index (χ3v) is 3.99. The topological polar surface area (TPSA) is 51.0 Å². The average molecular weight is 294 g/mol. The van der Waals surface area contributed by atoms with E-state index in [2.05, 4.69) is 42.4 Å². The largest absolute Gasteiger partial charge is 0.489 e. The van der Waals surface area contributed by atoms with E-state index in [0.29, 0.717) is 6.61 Å². The van der Waals surface area contributed by atoms with E-state index >= 15 is 0 Å². The van der Waals surface area contributed by atoms with Crippen molar-refractivity contribution >= 4 is 10.9 Å². The first-order valence-corrected chi connectivity index (χ1v) is 7.78. The normalized spacial score (nSPS) is 12.5. The quantitative estimate of drug-likeness (QED) is 0.721. The summed E-state index contributed by atoms with van der Waals surface area (Å²) in [7, 11) is 0. The molecule has 0 aliphatic rings. The number of nitrogens with one attached hydrogen (secondary N) is 1. The Balaban J connectivity index is 1.73. The van der Waals surface area contributed by atoms with Gasteiger partial charge in [0.15, 0.2) is 0 Å². The number of benzene rings is 2. The van der Waals surface area contributed by atoms with E-state index < -0.39 is 0 Å². The molecule has 22 heavy (non-hydrogen) atoms. The molecular weight excluding hydrogens is 272 g/mol. The van der Waals surface area contributed by atoms with Crippen molar-refractivity contribution in [3.63, 3.8) is 0 Å². The van der Waals surface area contributed by atoms with Crippen LogP contribution in [-0.2, 0) is 13.0 Å². The molecular formula is C19H22N2O. The highest BCUT2D eigenvalue weighted by atomic mass is 16.5. The lowest BCUT2D eigenvalue weighted by Crippen LogP contribution is -2.21. The molecule has 2 aromatic carbocycles. The van der Waals surface area contributed by atoms with Gasteiger partial charge in [0.25, 0.3) is 0 Å². The third kappa shape index (κ3) is 3.31. The van der Waals surface area contributed by atoms with E-state index in [1.54, 1.807) is 0 Å². The zero-order valence-electron chi connectivity index (χ0n) is 12.9. The predicted molar refractivity (Wildman–Crippen MR) is 91.0 cm³/mol. The van der Waals surface area contributed by atoms with Crippen LogP contribution < -0.4 is 10.5 Å². The molecule has 3 heteroatoms. The standard InChI is InChI=1S/C19H22N2O/c1-2-16(20)10-15-12-21-19-11-17(8-9-18(15)19)22-13-14-6-4-3-5-7-14/h3-9,11-12,16,21H,2,10,13,20H2,1H3. The van der Waals surface area contributed by atoms with Crippen LogP contribution in [0.3, 0.4) is 0 Å². The third-order valence-electron chi connectivity index (χ3n) is 3.99. The molecule has 1 heterocycles. The van der Waals surface area contributed by atoms with Crippen LogP contribution in [0.2, 0.25) is 0 Å². The van der Waals surface area contributed by atoms with Gasteiger partial charge in [0.2, 0.25) is 0 Å². The van der Waals surface area contributed by atoms with Crippen molar-refractivity contribution in [1.82, 2.24) is 4.98 Å². The Morgan fingerprint density at radius 3 is 2.73 bits per heavy atom. The van der Waals surface area contributed by atoms with Crippen LogP contribution in [0.25, 0.3) is 10.9 Å². The Hall–Kier alpha value is -2.26. The lowest BCUT2D eigenvalue weighted by atomic mass is 10.0. The van der Waals surface area contributed by atoms with E-state index in [4.69, 9.17) is 10.5 Å². The predicted octanol–water partition coefficient (Wildman–Crippen LogP) is 4.03. The maximum atomic E-state index is 6.06. The summed E-state index contributed by atoms with van der Waals surface area (Å²) in [5, 5.41) is 1.23. The van der Waals surface area contributed by atoms with Crippen molar-refractivity contribution in [3.05, 3.63) is 65.9 Å². The first-order valence-electron chi connectivity index (χ1n) is 7.78. The van der Waals surface area contributed by atoms with Gasteiger partial charge in [-0.25, -0.2) is 0 Å². The van der Waals surface area contributed by atoms with Gasteiger partial charge in [-0.2, -0.15) is 0 Å². The smallest absolute Gasteiger partial charge is 0.121 e. The molecule has 0 bridgehead atoms. The molecule has 0 radical (unpaired) electrons. The second-order valence-corrected chi connectivity index (χ2v) is 5.67. The highest BCUT2D eigenvalue weighted by Crippen LogP contribution is 2.25. The molecule has 3 rings (SSSR count). The molecule has 1 aromatic heterocycles. The Morgan fingerprint density at radius 2 is 1.95 bits per heavy atom. The van der Waals surface area contributed by atoms with E-state index in [1.807, 2.05) is 24.3 Å². The molecule has 1 atom stereocenters. The SMILES string of the molecule is CCC(N)Cc1c[nH]c2cc(OCc3ccccc3)ccc12. The Morgan fingerprint density at radius 1 is 1.14 bits per heavy atom. The Kier molecular flexibility index (Phi) is 4.45. The maximum Gasteiger partial charge on any atom is 0.121 e. The van der Waals surface area contributed by atoms with Gasteiger partial charge >= 0.3 is 0 Å². The van der Waals surface area contributed by atoms with Crippen molar-refractivity contribution < 1.29 is 4.74 Å². The molecule has 3 N–H and O–H groups in total. The van der Waals surface area contributed by atoms with Crippen molar-refractivity contribution in [2.75, 3.05) is 0 Å². The first kappa shape index (κ1) is 14.7. The van der Waals surface area contributed by atoms with E-state index in [-0.39, 0.29) is 6.04 Å². The maximum absolute atomic E-state index is 6.06. The molecule has 114 valence electrons. The van der Waals surface area contributed by atoms with Crippen LogP contribution in [-0.4, -0.2) is 11.0 Å². The Bertz CT molecular complexity index is 734. The van der Waals surface area contributed by atoms with Gasteiger partial charge in [-0.1, -0.05) is 37.3 Å². The summed E-state index contributed by atoms with van der Waals surface area (Å²) in [6.07, 6.45) is 3.95. The zero-order chi connectivity index (χ0) is 15.4. The molecule has 0 spiro atoms. The van der Waals surface area contributed by atoms with E-state index in [9.17, 15) is 0 Å². The highest BCUT2D eigenvalue weighted by Gasteiger charge is 2.08. The van der Waals surface area contributed by atoms with Crippen molar-refractivity contribution in [3.8, 4) is 5.75 Å². The minimum atomic E-state index is 0.216. The molecule has 0 amide bonds. The van der Waals surface area contributed by atoms with Gasteiger partial charge in [-0.15, -0.1) is 0 Å². The summed E-state index contributed by atoms with van der Waals surface area (Å²) < 4.78 is 5.87. The number of ether oxygens (including phenoxy) is 1. The number of aromatic amines is 1. The minimum Gasteiger partial charge on any atom is -0.489 e. The summed E-state index contributed by atoms with van der Waals surface area (Å²) in [5.74, 6) is 0.879. The van der Waals surface area contributed by atoms with Crippen LogP contribution in [0.1, 0.15) is 24.5 Å². The molecule has 0 aliphatic carbocycles. The monoisotopic (exact) mass is 294 g/mol. The molecule has 3 aromatic rings. The fourth-order valence-electron chi connectivity index (χ4n) is 2.59. The number of rotatable bonds is 6. The van der Waals surface area contributed by atoms with Gasteiger partial charge in [0.05, 0.1) is 0 Å². The van der Waals surface area contributed by atoms with Crippen molar-refractivity contribution in [2.45, 2.75) is 32.4 Å². The van der Waals surface area contributed by atoms with Crippen molar-refractivity contribution in [2.24, 2.45) is 5.73 Å². The lowest BCUT2D eigenvalue weighted by Gasteiger charge is -2.08. The van der Waals surface area contributed by atoms with Gasteiger partial charge in [0, 0.05) is 29.2 Å². The van der Waals surface area contributed by atoms with Crippen LogP contribution in [0.5, 0.6) is 5.75 Å². The number of nitrogens with two attached hydrogens (primary N) is 1. The van der Waals surface area contributed by atoms with Gasteiger partial charge in [-0.05, 0) is 36.1 Å².